The highest BCUT2D eigenvalue weighted by atomic mass is 16.5. The van der Waals surface area contributed by atoms with Crippen molar-refractivity contribution in [3.8, 4) is 11.5 Å². The molecule has 3 rings (SSSR count). The summed E-state index contributed by atoms with van der Waals surface area (Å²) in [4.78, 5) is 30.1. The van der Waals surface area contributed by atoms with Crippen molar-refractivity contribution < 1.29 is 24.2 Å². The lowest BCUT2D eigenvalue weighted by Gasteiger charge is -2.27. The highest BCUT2D eigenvalue weighted by molar-refractivity contribution is 6.46. The van der Waals surface area contributed by atoms with Crippen LogP contribution in [-0.2, 0) is 9.59 Å². The zero-order valence-electron chi connectivity index (χ0n) is 21.5. The van der Waals surface area contributed by atoms with Gasteiger partial charge in [-0.15, -0.1) is 0 Å². The number of hydrogen-bond donors (Lipinski definition) is 1. The number of likely N-dealkylation sites (tertiary alicyclic amines) is 1. The monoisotopic (exact) mass is 480 g/mol. The van der Waals surface area contributed by atoms with Gasteiger partial charge in [0.15, 0.2) is 0 Å². The van der Waals surface area contributed by atoms with E-state index in [2.05, 4.69) is 0 Å². The fourth-order valence-corrected chi connectivity index (χ4v) is 4.32. The molecule has 1 fully saturated rings. The van der Waals surface area contributed by atoms with Gasteiger partial charge in [0.05, 0.1) is 24.3 Å². The van der Waals surface area contributed by atoms with Crippen LogP contribution in [0.2, 0.25) is 0 Å². The van der Waals surface area contributed by atoms with Gasteiger partial charge in [-0.25, -0.2) is 0 Å². The Kier molecular flexibility index (Phi) is 8.57. The minimum absolute atomic E-state index is 0.00991. The first-order valence-corrected chi connectivity index (χ1v) is 12.1. The Morgan fingerprint density at radius 2 is 1.83 bits per heavy atom. The summed E-state index contributed by atoms with van der Waals surface area (Å²) in [7, 11) is 3.93. The molecule has 0 saturated carbocycles. The summed E-state index contributed by atoms with van der Waals surface area (Å²) in [5.41, 5.74) is 2.04. The molecule has 2 aromatic rings. The number of aryl methyl sites for hydroxylation is 1. The first kappa shape index (κ1) is 26.3. The molecule has 1 aliphatic heterocycles. The SMILES string of the molecule is CCOc1ccccc1C1C(=C(O)c2ccc(OC(C)C)c(C)c2)C(=O)C(=O)N1CCCN(C)C. The molecule has 7 nitrogen and oxygen atoms in total. The normalized spacial score (nSPS) is 17.5. The molecule has 35 heavy (non-hydrogen) atoms. The molecule has 188 valence electrons. The Balaban J connectivity index is 2.13. The summed E-state index contributed by atoms with van der Waals surface area (Å²) in [6, 6.07) is 11.9. The predicted octanol–water partition coefficient (Wildman–Crippen LogP) is 4.55. The van der Waals surface area contributed by atoms with Crippen molar-refractivity contribution in [2.45, 2.75) is 46.3 Å². The van der Waals surface area contributed by atoms with Crippen molar-refractivity contribution in [1.82, 2.24) is 9.80 Å². The fraction of sp³-hybridized carbons (Fsp3) is 0.429. The molecule has 1 saturated heterocycles. The molecular formula is C28H36N2O5. The van der Waals surface area contributed by atoms with E-state index >= 15 is 0 Å². The number of aliphatic hydroxyl groups excluding tert-OH is 1. The van der Waals surface area contributed by atoms with Gasteiger partial charge in [-0.05, 0) is 84.6 Å². The molecule has 1 heterocycles. The Morgan fingerprint density at radius 1 is 1.11 bits per heavy atom. The zero-order chi connectivity index (χ0) is 25.7. The maximum atomic E-state index is 13.3. The lowest BCUT2D eigenvalue weighted by atomic mass is 9.94. The van der Waals surface area contributed by atoms with Gasteiger partial charge in [0, 0.05) is 17.7 Å². The minimum Gasteiger partial charge on any atom is -0.507 e. The molecule has 0 spiro atoms. The maximum Gasteiger partial charge on any atom is 0.295 e. The van der Waals surface area contributed by atoms with Gasteiger partial charge in [0.1, 0.15) is 17.3 Å². The van der Waals surface area contributed by atoms with Crippen molar-refractivity contribution in [3.63, 3.8) is 0 Å². The number of rotatable bonds is 10. The van der Waals surface area contributed by atoms with E-state index in [9.17, 15) is 14.7 Å². The van der Waals surface area contributed by atoms with E-state index in [0.29, 0.717) is 42.2 Å². The van der Waals surface area contributed by atoms with E-state index in [1.165, 1.54) is 0 Å². The molecule has 0 bridgehead atoms. The molecule has 1 unspecified atom stereocenters. The molecule has 7 heteroatoms. The van der Waals surface area contributed by atoms with Gasteiger partial charge < -0.3 is 24.4 Å². The smallest absolute Gasteiger partial charge is 0.295 e. The van der Waals surface area contributed by atoms with Crippen LogP contribution in [0, 0.1) is 6.92 Å². The average molecular weight is 481 g/mol. The number of nitrogens with zero attached hydrogens (tertiary/aromatic N) is 2. The summed E-state index contributed by atoms with van der Waals surface area (Å²) in [5.74, 6) is -0.211. The Hall–Kier alpha value is -3.32. The number of Topliss-reactive ketones (excluding diaryl/α,β-unsaturated/α-hetero) is 1. The largest absolute Gasteiger partial charge is 0.507 e. The highest BCUT2D eigenvalue weighted by Crippen LogP contribution is 2.43. The van der Waals surface area contributed by atoms with Gasteiger partial charge in [-0.2, -0.15) is 0 Å². The molecule has 1 aliphatic rings. The molecule has 0 aromatic heterocycles. The molecule has 1 atom stereocenters. The van der Waals surface area contributed by atoms with Crippen LogP contribution in [0.15, 0.2) is 48.0 Å². The van der Waals surface area contributed by atoms with Crippen LogP contribution in [0.25, 0.3) is 5.76 Å². The fourth-order valence-electron chi connectivity index (χ4n) is 4.32. The van der Waals surface area contributed by atoms with Crippen LogP contribution < -0.4 is 9.47 Å². The van der Waals surface area contributed by atoms with Crippen molar-refractivity contribution in [1.29, 1.82) is 0 Å². The van der Waals surface area contributed by atoms with Crippen LogP contribution >= 0.6 is 0 Å². The molecule has 0 radical (unpaired) electrons. The number of carbonyl (C=O) groups excluding carboxylic acids is 2. The number of aliphatic hydroxyl groups is 1. The number of amides is 1. The first-order chi connectivity index (χ1) is 16.6. The third-order valence-electron chi connectivity index (χ3n) is 5.87. The summed E-state index contributed by atoms with van der Waals surface area (Å²) < 4.78 is 11.6. The van der Waals surface area contributed by atoms with Crippen LogP contribution in [0.4, 0.5) is 0 Å². The van der Waals surface area contributed by atoms with E-state index in [0.717, 1.165) is 12.1 Å². The van der Waals surface area contributed by atoms with Gasteiger partial charge in [0.25, 0.3) is 11.7 Å². The summed E-state index contributed by atoms with van der Waals surface area (Å²) in [6.07, 6.45) is 0.698. The highest BCUT2D eigenvalue weighted by Gasteiger charge is 2.46. The van der Waals surface area contributed by atoms with Crippen molar-refractivity contribution >= 4 is 17.4 Å². The van der Waals surface area contributed by atoms with E-state index in [1.807, 2.05) is 71.0 Å². The second-order valence-electron chi connectivity index (χ2n) is 9.27. The van der Waals surface area contributed by atoms with E-state index in [-0.39, 0.29) is 17.4 Å². The predicted molar refractivity (Wildman–Crippen MR) is 137 cm³/mol. The third kappa shape index (κ3) is 5.85. The summed E-state index contributed by atoms with van der Waals surface area (Å²) in [6.45, 7) is 9.24. The lowest BCUT2D eigenvalue weighted by Crippen LogP contribution is -2.32. The first-order valence-electron chi connectivity index (χ1n) is 12.1. The van der Waals surface area contributed by atoms with Gasteiger partial charge in [-0.1, -0.05) is 18.2 Å². The number of para-hydroxylation sites is 1. The number of ketones is 1. The maximum absolute atomic E-state index is 13.3. The van der Waals surface area contributed by atoms with Crippen LogP contribution in [-0.4, -0.2) is 66.5 Å². The number of ether oxygens (including phenoxy) is 2. The van der Waals surface area contributed by atoms with E-state index in [1.54, 1.807) is 23.1 Å². The second-order valence-corrected chi connectivity index (χ2v) is 9.27. The van der Waals surface area contributed by atoms with Crippen LogP contribution in [0.1, 0.15) is 49.9 Å². The van der Waals surface area contributed by atoms with E-state index < -0.39 is 17.7 Å². The number of carbonyl (C=O) groups is 2. The number of hydrogen-bond acceptors (Lipinski definition) is 6. The van der Waals surface area contributed by atoms with Crippen LogP contribution in [0.3, 0.4) is 0 Å². The van der Waals surface area contributed by atoms with E-state index in [4.69, 9.17) is 9.47 Å². The summed E-state index contributed by atoms with van der Waals surface area (Å²) in [5, 5.41) is 11.4. The van der Waals surface area contributed by atoms with Gasteiger partial charge in [0.2, 0.25) is 0 Å². The third-order valence-corrected chi connectivity index (χ3v) is 5.87. The quantitative estimate of drug-likeness (QED) is 0.305. The standard InChI is InChI=1S/C28H36N2O5/c1-7-34-23-12-9-8-11-21(23)25-24(27(32)28(33)30(25)16-10-15-29(5)6)26(31)20-13-14-22(19(4)17-20)35-18(2)3/h8-9,11-14,17-18,25,31H,7,10,15-16H2,1-6H3. The lowest BCUT2D eigenvalue weighted by molar-refractivity contribution is -0.140. The Labute approximate surface area is 207 Å². The van der Waals surface area contributed by atoms with Crippen molar-refractivity contribution in [2.24, 2.45) is 0 Å². The van der Waals surface area contributed by atoms with Gasteiger partial charge in [-0.3, -0.25) is 9.59 Å². The molecular weight excluding hydrogens is 444 g/mol. The minimum atomic E-state index is -0.744. The second kappa shape index (κ2) is 11.4. The molecule has 0 aliphatic carbocycles. The van der Waals surface area contributed by atoms with Crippen LogP contribution in [0.5, 0.6) is 11.5 Å². The molecule has 1 N–H and O–H groups in total. The zero-order valence-corrected chi connectivity index (χ0v) is 21.5. The molecule has 1 amide bonds. The van der Waals surface area contributed by atoms with Gasteiger partial charge >= 0.3 is 0 Å². The Bertz CT molecular complexity index is 1110. The summed E-state index contributed by atoms with van der Waals surface area (Å²) >= 11 is 0. The van der Waals surface area contributed by atoms with Crippen molar-refractivity contribution in [2.75, 3.05) is 33.8 Å². The molecule has 2 aromatic carbocycles. The average Bonchev–Trinajstić information content (AvgIpc) is 3.05. The topological polar surface area (TPSA) is 79.3 Å². The van der Waals surface area contributed by atoms with Crippen molar-refractivity contribution in [3.05, 3.63) is 64.7 Å². The number of benzene rings is 2. The Morgan fingerprint density at radius 3 is 2.46 bits per heavy atom.